The molecule has 114 valence electrons. The zero-order valence-corrected chi connectivity index (χ0v) is 13.1. The third-order valence-corrected chi connectivity index (χ3v) is 3.51. The molecule has 1 aromatic heterocycles. The summed E-state index contributed by atoms with van der Waals surface area (Å²) in [5, 5.41) is 3.53. The van der Waals surface area contributed by atoms with Gasteiger partial charge in [0, 0.05) is 5.56 Å². The van der Waals surface area contributed by atoms with Crippen molar-refractivity contribution < 1.29 is 13.9 Å². The number of aryl methyl sites for hydroxylation is 1. The number of hydrogen-bond acceptors (Lipinski definition) is 4. The monoisotopic (exact) mass is 289 g/mol. The molecule has 1 N–H and O–H groups in total. The highest BCUT2D eigenvalue weighted by Gasteiger charge is 2.22. The first-order chi connectivity index (χ1) is 10.2. The Morgan fingerprint density at radius 1 is 1.19 bits per heavy atom. The second-order valence-electron chi connectivity index (χ2n) is 4.96. The van der Waals surface area contributed by atoms with Gasteiger partial charge in [0.25, 0.3) is 0 Å². The summed E-state index contributed by atoms with van der Waals surface area (Å²) in [5.41, 5.74) is 2.14. The zero-order valence-electron chi connectivity index (χ0n) is 13.1. The van der Waals surface area contributed by atoms with Crippen LogP contribution in [0.3, 0.4) is 0 Å². The molecule has 4 heteroatoms. The molecule has 1 heterocycles. The van der Waals surface area contributed by atoms with E-state index in [2.05, 4.69) is 12.2 Å². The minimum atomic E-state index is -0.0509. The largest absolute Gasteiger partial charge is 0.497 e. The molecule has 0 amide bonds. The molecule has 0 saturated heterocycles. The van der Waals surface area contributed by atoms with Gasteiger partial charge in [0.2, 0.25) is 0 Å². The fraction of sp³-hybridized carbons (Fsp3) is 0.412. The number of benzene rings is 1. The lowest BCUT2D eigenvalue weighted by Gasteiger charge is -2.21. The quantitative estimate of drug-likeness (QED) is 0.844. The zero-order chi connectivity index (χ0) is 15.2. The predicted molar refractivity (Wildman–Crippen MR) is 83.1 cm³/mol. The first-order valence-electron chi connectivity index (χ1n) is 7.20. The lowest BCUT2D eigenvalue weighted by molar-refractivity contribution is 0.384. The number of furan rings is 1. The number of rotatable bonds is 7. The Labute approximate surface area is 126 Å². The van der Waals surface area contributed by atoms with Crippen molar-refractivity contribution in [3.63, 3.8) is 0 Å². The molecule has 0 spiro atoms. The number of nitrogens with one attached hydrogen (secondary N) is 1. The van der Waals surface area contributed by atoms with Crippen LogP contribution in [-0.4, -0.2) is 20.8 Å². The summed E-state index contributed by atoms with van der Waals surface area (Å²) < 4.78 is 16.5. The van der Waals surface area contributed by atoms with E-state index in [1.807, 2.05) is 31.2 Å². The minimum Gasteiger partial charge on any atom is -0.497 e. The van der Waals surface area contributed by atoms with Gasteiger partial charge in [0.05, 0.1) is 26.5 Å². The van der Waals surface area contributed by atoms with Crippen LogP contribution in [0.5, 0.6) is 11.5 Å². The second-order valence-corrected chi connectivity index (χ2v) is 4.96. The molecule has 21 heavy (non-hydrogen) atoms. The first kappa shape index (κ1) is 15.4. The van der Waals surface area contributed by atoms with Gasteiger partial charge in [0.1, 0.15) is 17.3 Å². The van der Waals surface area contributed by atoms with Crippen molar-refractivity contribution in [1.29, 1.82) is 0 Å². The Morgan fingerprint density at radius 3 is 2.57 bits per heavy atom. The molecule has 1 atom stereocenters. The van der Waals surface area contributed by atoms with E-state index in [0.717, 1.165) is 41.4 Å². The van der Waals surface area contributed by atoms with E-state index < -0.39 is 0 Å². The molecule has 0 aliphatic heterocycles. The van der Waals surface area contributed by atoms with E-state index >= 15 is 0 Å². The van der Waals surface area contributed by atoms with Crippen LogP contribution in [-0.2, 0) is 0 Å². The van der Waals surface area contributed by atoms with Gasteiger partial charge in [-0.05, 0) is 49.7 Å². The molecular weight excluding hydrogens is 266 g/mol. The maximum absolute atomic E-state index is 5.69. The van der Waals surface area contributed by atoms with Gasteiger partial charge < -0.3 is 19.2 Å². The van der Waals surface area contributed by atoms with E-state index in [1.54, 1.807) is 20.5 Å². The Kier molecular flexibility index (Phi) is 5.28. The number of ether oxygens (including phenoxy) is 2. The smallest absolute Gasteiger partial charge is 0.128 e. The van der Waals surface area contributed by atoms with Crippen molar-refractivity contribution in [1.82, 2.24) is 5.32 Å². The summed E-state index contributed by atoms with van der Waals surface area (Å²) in [5.74, 6) is 2.54. The first-order valence-corrected chi connectivity index (χ1v) is 7.20. The highest BCUT2D eigenvalue weighted by atomic mass is 16.5. The maximum Gasteiger partial charge on any atom is 0.128 e. The van der Waals surface area contributed by atoms with E-state index in [0.29, 0.717) is 0 Å². The van der Waals surface area contributed by atoms with Crippen molar-refractivity contribution in [2.24, 2.45) is 0 Å². The van der Waals surface area contributed by atoms with E-state index in [1.165, 1.54) is 0 Å². The van der Waals surface area contributed by atoms with Crippen molar-refractivity contribution in [2.75, 3.05) is 20.8 Å². The number of hydrogen-bond donors (Lipinski definition) is 1. The van der Waals surface area contributed by atoms with Crippen molar-refractivity contribution in [2.45, 2.75) is 26.3 Å². The molecule has 2 aromatic rings. The van der Waals surface area contributed by atoms with Crippen LogP contribution in [0.2, 0.25) is 0 Å². The minimum absolute atomic E-state index is 0.0509. The molecule has 0 bridgehead atoms. The third kappa shape index (κ3) is 3.39. The molecule has 1 unspecified atom stereocenters. The number of methoxy groups -OCH3 is 2. The molecule has 0 fully saturated rings. The summed E-state index contributed by atoms with van der Waals surface area (Å²) in [7, 11) is 3.34. The van der Waals surface area contributed by atoms with Gasteiger partial charge in [-0.2, -0.15) is 0 Å². The summed E-state index contributed by atoms with van der Waals surface area (Å²) in [4.78, 5) is 0. The average molecular weight is 289 g/mol. The maximum atomic E-state index is 5.69. The van der Waals surface area contributed by atoms with Crippen LogP contribution in [0.1, 0.15) is 36.3 Å². The highest BCUT2D eigenvalue weighted by Crippen LogP contribution is 2.34. The van der Waals surface area contributed by atoms with Crippen molar-refractivity contribution in [3.05, 3.63) is 47.4 Å². The molecule has 0 aliphatic rings. The standard InChI is InChI=1S/C17H23NO3/c1-5-9-18-16(17-12(2)8-10-21-17)14-11-13(19-3)6-7-15(14)20-4/h6-8,10-11,16,18H,5,9H2,1-4H3. The Hall–Kier alpha value is -1.94. The molecule has 1 aromatic carbocycles. The van der Waals surface area contributed by atoms with Crippen molar-refractivity contribution in [3.8, 4) is 11.5 Å². The second kappa shape index (κ2) is 7.18. The van der Waals surface area contributed by atoms with E-state index in [4.69, 9.17) is 13.9 Å². The van der Waals surface area contributed by atoms with Gasteiger partial charge in [-0.1, -0.05) is 6.92 Å². The predicted octanol–water partition coefficient (Wildman–Crippen LogP) is 3.69. The molecular formula is C17H23NO3. The molecule has 2 rings (SSSR count). The Bertz CT molecular complexity index is 577. The van der Waals surface area contributed by atoms with Crippen LogP contribution >= 0.6 is 0 Å². The highest BCUT2D eigenvalue weighted by molar-refractivity contribution is 5.45. The van der Waals surface area contributed by atoms with Gasteiger partial charge in [0.15, 0.2) is 0 Å². The lowest BCUT2D eigenvalue weighted by atomic mass is 10.0. The summed E-state index contributed by atoms with van der Waals surface area (Å²) in [6, 6.07) is 7.74. The van der Waals surface area contributed by atoms with Crippen LogP contribution < -0.4 is 14.8 Å². The van der Waals surface area contributed by atoms with Crippen LogP contribution in [0.25, 0.3) is 0 Å². The van der Waals surface area contributed by atoms with E-state index in [-0.39, 0.29) is 6.04 Å². The van der Waals surface area contributed by atoms with Crippen LogP contribution in [0.15, 0.2) is 34.9 Å². The lowest BCUT2D eigenvalue weighted by Crippen LogP contribution is -2.24. The molecule has 0 radical (unpaired) electrons. The van der Waals surface area contributed by atoms with Crippen LogP contribution in [0.4, 0.5) is 0 Å². The van der Waals surface area contributed by atoms with E-state index in [9.17, 15) is 0 Å². The Morgan fingerprint density at radius 2 is 2.00 bits per heavy atom. The summed E-state index contributed by atoms with van der Waals surface area (Å²) in [6.45, 7) is 5.08. The fourth-order valence-corrected chi connectivity index (χ4v) is 2.38. The molecule has 4 nitrogen and oxygen atoms in total. The summed E-state index contributed by atoms with van der Waals surface area (Å²) in [6.07, 6.45) is 2.76. The topological polar surface area (TPSA) is 43.6 Å². The fourth-order valence-electron chi connectivity index (χ4n) is 2.38. The average Bonchev–Trinajstić information content (AvgIpc) is 2.93. The van der Waals surface area contributed by atoms with Crippen molar-refractivity contribution >= 4 is 0 Å². The molecule has 0 aliphatic carbocycles. The van der Waals surface area contributed by atoms with Crippen LogP contribution in [0, 0.1) is 6.92 Å². The Balaban J connectivity index is 2.47. The molecule has 0 saturated carbocycles. The van der Waals surface area contributed by atoms with Gasteiger partial charge in [-0.15, -0.1) is 0 Å². The third-order valence-electron chi connectivity index (χ3n) is 3.51. The van der Waals surface area contributed by atoms with Gasteiger partial charge >= 0.3 is 0 Å². The summed E-state index contributed by atoms with van der Waals surface area (Å²) >= 11 is 0. The normalized spacial score (nSPS) is 12.2. The van der Waals surface area contributed by atoms with Gasteiger partial charge in [-0.3, -0.25) is 0 Å². The van der Waals surface area contributed by atoms with Gasteiger partial charge in [-0.25, -0.2) is 0 Å². The SMILES string of the molecule is CCCNC(c1cc(OC)ccc1OC)c1occc1C.